The maximum absolute atomic E-state index is 6.27. The summed E-state index contributed by atoms with van der Waals surface area (Å²) in [6.07, 6.45) is 8.61. The molecule has 2 rings (SSSR count). The van der Waals surface area contributed by atoms with Crippen molar-refractivity contribution in [3.63, 3.8) is 0 Å². The molecule has 0 aromatic carbocycles. The highest BCUT2D eigenvalue weighted by atomic mass is 16.5. The lowest BCUT2D eigenvalue weighted by Gasteiger charge is -2.25. The van der Waals surface area contributed by atoms with Crippen LogP contribution in [0.4, 0.5) is 0 Å². The van der Waals surface area contributed by atoms with E-state index in [9.17, 15) is 0 Å². The van der Waals surface area contributed by atoms with Gasteiger partial charge in [0.15, 0.2) is 0 Å². The van der Waals surface area contributed by atoms with E-state index in [1.54, 1.807) is 0 Å². The van der Waals surface area contributed by atoms with Crippen LogP contribution in [0.1, 0.15) is 52.4 Å². The Morgan fingerprint density at radius 1 is 1.27 bits per heavy atom. The van der Waals surface area contributed by atoms with E-state index in [0.29, 0.717) is 24.2 Å². The van der Waals surface area contributed by atoms with Gasteiger partial charge in [0.1, 0.15) is 0 Å². The molecule has 4 unspecified atom stereocenters. The standard InChI is InChI=1S/C13H25NO/c1-9(2)4-3-5-12(14)11-8-10-6-7-13(11)15-10/h9-13H,3-8,14H2,1-2H3. The van der Waals surface area contributed by atoms with Crippen LogP contribution in [0.5, 0.6) is 0 Å². The zero-order valence-corrected chi connectivity index (χ0v) is 10.1. The molecule has 2 heteroatoms. The van der Waals surface area contributed by atoms with Crippen LogP contribution in [-0.2, 0) is 4.74 Å². The molecule has 0 amide bonds. The van der Waals surface area contributed by atoms with E-state index in [0.717, 1.165) is 5.92 Å². The van der Waals surface area contributed by atoms with Gasteiger partial charge in [0, 0.05) is 12.0 Å². The van der Waals surface area contributed by atoms with Crippen molar-refractivity contribution in [1.82, 2.24) is 0 Å². The summed E-state index contributed by atoms with van der Waals surface area (Å²) in [5, 5.41) is 0. The van der Waals surface area contributed by atoms with Gasteiger partial charge in [-0.05, 0) is 31.6 Å². The quantitative estimate of drug-likeness (QED) is 0.759. The molecule has 2 nitrogen and oxygen atoms in total. The fourth-order valence-corrected chi connectivity index (χ4v) is 3.10. The van der Waals surface area contributed by atoms with E-state index >= 15 is 0 Å². The van der Waals surface area contributed by atoms with Crippen molar-refractivity contribution in [3.05, 3.63) is 0 Å². The summed E-state index contributed by atoms with van der Waals surface area (Å²) in [7, 11) is 0. The lowest BCUT2D eigenvalue weighted by molar-refractivity contribution is 0.0877. The molecule has 0 saturated carbocycles. The van der Waals surface area contributed by atoms with E-state index in [-0.39, 0.29) is 0 Å². The first-order valence-corrected chi connectivity index (χ1v) is 6.58. The maximum atomic E-state index is 6.27. The van der Waals surface area contributed by atoms with Crippen molar-refractivity contribution in [1.29, 1.82) is 0 Å². The molecule has 4 atom stereocenters. The highest BCUT2D eigenvalue weighted by Gasteiger charge is 2.42. The minimum absolute atomic E-state index is 0.388. The Kier molecular flexibility index (Phi) is 3.68. The SMILES string of the molecule is CC(C)CCCC(N)C1CC2CCC1O2. The average molecular weight is 211 g/mol. The van der Waals surface area contributed by atoms with Crippen molar-refractivity contribution in [3.8, 4) is 0 Å². The van der Waals surface area contributed by atoms with Crippen molar-refractivity contribution in [2.24, 2.45) is 17.6 Å². The van der Waals surface area contributed by atoms with Crippen LogP contribution in [0.3, 0.4) is 0 Å². The summed E-state index contributed by atoms with van der Waals surface area (Å²) in [4.78, 5) is 0. The summed E-state index contributed by atoms with van der Waals surface area (Å²) in [5.74, 6) is 1.48. The first-order chi connectivity index (χ1) is 7.16. The fraction of sp³-hybridized carbons (Fsp3) is 1.00. The van der Waals surface area contributed by atoms with Gasteiger partial charge in [-0.2, -0.15) is 0 Å². The zero-order chi connectivity index (χ0) is 10.8. The van der Waals surface area contributed by atoms with Gasteiger partial charge in [-0.15, -0.1) is 0 Å². The summed E-state index contributed by atoms with van der Waals surface area (Å²) in [5.41, 5.74) is 6.27. The lowest BCUT2D eigenvalue weighted by Crippen LogP contribution is -2.36. The van der Waals surface area contributed by atoms with E-state index < -0.39 is 0 Å². The van der Waals surface area contributed by atoms with E-state index in [2.05, 4.69) is 13.8 Å². The Morgan fingerprint density at radius 2 is 2.07 bits per heavy atom. The molecule has 2 fully saturated rings. The second-order valence-electron chi connectivity index (χ2n) is 5.76. The first kappa shape index (κ1) is 11.4. The number of hydrogen-bond donors (Lipinski definition) is 1. The Balaban J connectivity index is 1.70. The third kappa shape index (κ3) is 2.73. The van der Waals surface area contributed by atoms with Gasteiger partial charge in [-0.3, -0.25) is 0 Å². The topological polar surface area (TPSA) is 35.2 Å². The smallest absolute Gasteiger partial charge is 0.0623 e. The van der Waals surface area contributed by atoms with Crippen molar-refractivity contribution in [2.75, 3.05) is 0 Å². The summed E-state index contributed by atoms with van der Waals surface area (Å²) in [6.45, 7) is 4.57. The monoisotopic (exact) mass is 211 g/mol. The third-order valence-corrected chi connectivity index (χ3v) is 4.02. The second kappa shape index (κ2) is 4.84. The molecule has 15 heavy (non-hydrogen) atoms. The van der Waals surface area contributed by atoms with E-state index in [1.807, 2.05) is 0 Å². The highest BCUT2D eigenvalue weighted by molar-refractivity contribution is 4.94. The van der Waals surface area contributed by atoms with Crippen molar-refractivity contribution >= 4 is 0 Å². The number of nitrogens with two attached hydrogens (primary N) is 1. The molecule has 2 aliphatic rings. The molecule has 0 aromatic heterocycles. The second-order valence-corrected chi connectivity index (χ2v) is 5.76. The molecule has 0 spiro atoms. The molecule has 88 valence electrons. The Hall–Kier alpha value is -0.0800. The van der Waals surface area contributed by atoms with Gasteiger partial charge in [0.05, 0.1) is 12.2 Å². The summed E-state index contributed by atoms with van der Waals surface area (Å²) >= 11 is 0. The summed E-state index contributed by atoms with van der Waals surface area (Å²) < 4.78 is 5.85. The fourth-order valence-electron chi connectivity index (χ4n) is 3.10. The van der Waals surface area contributed by atoms with E-state index in [1.165, 1.54) is 38.5 Å². The molecular formula is C13H25NO. The van der Waals surface area contributed by atoms with Crippen LogP contribution in [-0.4, -0.2) is 18.2 Å². The number of hydrogen-bond acceptors (Lipinski definition) is 2. The number of rotatable bonds is 5. The maximum Gasteiger partial charge on any atom is 0.0623 e. The molecule has 0 radical (unpaired) electrons. The van der Waals surface area contributed by atoms with E-state index in [4.69, 9.17) is 10.5 Å². The molecule has 2 bridgehead atoms. The first-order valence-electron chi connectivity index (χ1n) is 6.58. The van der Waals surface area contributed by atoms with Gasteiger partial charge >= 0.3 is 0 Å². The number of fused-ring (bicyclic) bond motifs is 2. The molecule has 2 N–H and O–H groups in total. The van der Waals surface area contributed by atoms with Crippen LogP contribution in [0, 0.1) is 11.8 Å². The van der Waals surface area contributed by atoms with Crippen LogP contribution < -0.4 is 5.73 Å². The zero-order valence-electron chi connectivity index (χ0n) is 10.1. The van der Waals surface area contributed by atoms with Gasteiger partial charge in [-0.1, -0.05) is 26.7 Å². The van der Waals surface area contributed by atoms with Gasteiger partial charge in [0.2, 0.25) is 0 Å². The lowest BCUT2D eigenvalue weighted by atomic mass is 9.82. The Bertz CT molecular complexity index is 205. The van der Waals surface area contributed by atoms with Crippen molar-refractivity contribution < 1.29 is 4.74 Å². The van der Waals surface area contributed by atoms with Gasteiger partial charge < -0.3 is 10.5 Å². The van der Waals surface area contributed by atoms with Crippen LogP contribution >= 0.6 is 0 Å². The van der Waals surface area contributed by atoms with Gasteiger partial charge in [0.25, 0.3) is 0 Å². The predicted octanol–water partition coefficient (Wildman–Crippen LogP) is 2.71. The van der Waals surface area contributed by atoms with Gasteiger partial charge in [-0.25, -0.2) is 0 Å². The largest absolute Gasteiger partial charge is 0.375 e. The summed E-state index contributed by atoms with van der Waals surface area (Å²) in [6, 6.07) is 0.388. The molecule has 2 aliphatic heterocycles. The minimum Gasteiger partial charge on any atom is -0.375 e. The Labute approximate surface area is 93.6 Å². The van der Waals surface area contributed by atoms with Crippen LogP contribution in [0.15, 0.2) is 0 Å². The molecule has 0 aliphatic carbocycles. The third-order valence-electron chi connectivity index (χ3n) is 4.02. The Morgan fingerprint density at radius 3 is 2.60 bits per heavy atom. The minimum atomic E-state index is 0.388. The molecular weight excluding hydrogens is 186 g/mol. The predicted molar refractivity (Wildman–Crippen MR) is 62.7 cm³/mol. The van der Waals surface area contributed by atoms with Crippen LogP contribution in [0.25, 0.3) is 0 Å². The molecule has 2 saturated heterocycles. The van der Waals surface area contributed by atoms with Crippen LogP contribution in [0.2, 0.25) is 0 Å². The highest BCUT2D eigenvalue weighted by Crippen LogP contribution is 2.40. The van der Waals surface area contributed by atoms with Crippen molar-refractivity contribution in [2.45, 2.75) is 70.6 Å². The molecule has 2 heterocycles. The average Bonchev–Trinajstić information content (AvgIpc) is 2.77. The molecule has 0 aromatic rings. The number of ether oxygens (including phenoxy) is 1. The normalized spacial score (nSPS) is 36.4.